The molecule has 0 saturated carbocycles. The number of benzene rings is 3. The van der Waals surface area contributed by atoms with Crippen molar-refractivity contribution in [2.24, 2.45) is 0 Å². The predicted octanol–water partition coefficient (Wildman–Crippen LogP) is 5.81. The van der Waals surface area contributed by atoms with Crippen molar-refractivity contribution < 1.29 is 14.6 Å². The van der Waals surface area contributed by atoms with E-state index in [1.165, 1.54) is 28.6 Å². The molecule has 2 heterocycles. The number of nitrogens with zero attached hydrogens (tertiary/aromatic N) is 1. The summed E-state index contributed by atoms with van der Waals surface area (Å²) in [6.45, 7) is 7.55. The van der Waals surface area contributed by atoms with E-state index in [9.17, 15) is 9.90 Å². The molecule has 0 aliphatic carbocycles. The lowest BCUT2D eigenvalue weighted by Crippen LogP contribution is -2.44. The highest BCUT2D eigenvalue weighted by molar-refractivity contribution is 7.99. The SMILES string of the molecule is CCc1ccccc1Sc1c(O)[nH][nH]c1=O.COCC1CN(c2cccc(C(C)c3ccccc3)c2)CCO1. The number of aromatic hydroxyl groups is 1. The molecule has 0 spiro atoms. The summed E-state index contributed by atoms with van der Waals surface area (Å²) < 4.78 is 11.0. The maximum absolute atomic E-state index is 11.4. The molecule has 1 aromatic heterocycles. The fourth-order valence-electron chi connectivity index (χ4n) is 4.60. The lowest BCUT2D eigenvalue weighted by atomic mass is 9.93. The van der Waals surface area contributed by atoms with Crippen molar-refractivity contribution in [2.45, 2.75) is 42.1 Å². The Morgan fingerprint density at radius 2 is 1.79 bits per heavy atom. The van der Waals surface area contributed by atoms with Gasteiger partial charge in [0.1, 0.15) is 4.90 Å². The summed E-state index contributed by atoms with van der Waals surface area (Å²) >= 11 is 1.27. The van der Waals surface area contributed by atoms with Crippen LogP contribution in [-0.4, -0.2) is 54.8 Å². The summed E-state index contributed by atoms with van der Waals surface area (Å²) in [5.41, 5.74) is 4.84. The third-order valence-corrected chi connectivity index (χ3v) is 8.01. The van der Waals surface area contributed by atoms with Crippen LogP contribution in [0.15, 0.2) is 93.4 Å². The number of nitrogens with one attached hydrogen (secondary N) is 2. The molecule has 5 rings (SSSR count). The van der Waals surface area contributed by atoms with Gasteiger partial charge in [-0.2, -0.15) is 0 Å². The maximum Gasteiger partial charge on any atom is 0.281 e. The van der Waals surface area contributed by atoms with Crippen LogP contribution in [0.5, 0.6) is 5.88 Å². The van der Waals surface area contributed by atoms with Gasteiger partial charge in [-0.05, 0) is 41.3 Å². The number of rotatable bonds is 8. The number of aryl methyl sites for hydroxylation is 1. The summed E-state index contributed by atoms with van der Waals surface area (Å²) in [4.78, 5) is 15.1. The van der Waals surface area contributed by atoms with Crippen LogP contribution < -0.4 is 10.5 Å². The van der Waals surface area contributed by atoms with Gasteiger partial charge in [0.2, 0.25) is 5.88 Å². The van der Waals surface area contributed by atoms with Gasteiger partial charge in [-0.1, -0.05) is 86.3 Å². The van der Waals surface area contributed by atoms with Crippen LogP contribution in [-0.2, 0) is 15.9 Å². The molecule has 1 aliphatic heterocycles. The average Bonchev–Trinajstić information content (AvgIpc) is 3.30. The summed E-state index contributed by atoms with van der Waals surface area (Å²) in [6, 6.07) is 27.4. The van der Waals surface area contributed by atoms with E-state index >= 15 is 0 Å². The number of aromatic nitrogens is 2. The smallest absolute Gasteiger partial charge is 0.281 e. The van der Waals surface area contributed by atoms with E-state index in [2.05, 4.69) is 83.5 Å². The number of morpholine rings is 1. The van der Waals surface area contributed by atoms with Gasteiger partial charge < -0.3 is 19.5 Å². The number of methoxy groups -OCH3 is 1. The van der Waals surface area contributed by atoms with Gasteiger partial charge in [-0.25, -0.2) is 0 Å². The topological polar surface area (TPSA) is 90.6 Å². The van der Waals surface area contributed by atoms with Crippen molar-refractivity contribution in [1.82, 2.24) is 10.2 Å². The van der Waals surface area contributed by atoms with Crippen molar-refractivity contribution in [3.63, 3.8) is 0 Å². The Hall–Kier alpha value is -3.46. The fourth-order valence-corrected chi connectivity index (χ4v) is 5.60. The molecule has 0 amide bonds. The molecule has 7 nitrogen and oxygen atoms in total. The Kier molecular flexibility index (Phi) is 10.3. The minimum atomic E-state index is -0.298. The number of hydrogen-bond acceptors (Lipinski definition) is 6. The van der Waals surface area contributed by atoms with Crippen LogP contribution in [0, 0.1) is 0 Å². The zero-order valence-electron chi connectivity index (χ0n) is 22.7. The van der Waals surface area contributed by atoms with Gasteiger partial charge in [0.15, 0.2) is 0 Å². The van der Waals surface area contributed by atoms with Gasteiger partial charge in [0.25, 0.3) is 5.56 Å². The Balaban J connectivity index is 0.000000193. The van der Waals surface area contributed by atoms with Gasteiger partial charge in [-0.15, -0.1) is 0 Å². The van der Waals surface area contributed by atoms with Crippen molar-refractivity contribution >= 4 is 17.4 Å². The predicted molar refractivity (Wildman–Crippen MR) is 157 cm³/mol. The van der Waals surface area contributed by atoms with Crippen LogP contribution >= 0.6 is 11.8 Å². The van der Waals surface area contributed by atoms with Crippen molar-refractivity contribution in [3.8, 4) is 5.88 Å². The molecule has 2 atom stereocenters. The second-order valence-corrected chi connectivity index (χ2v) is 10.5. The van der Waals surface area contributed by atoms with Crippen molar-refractivity contribution in [2.75, 3.05) is 38.3 Å². The first kappa shape index (κ1) is 28.5. The number of aromatic amines is 2. The Bertz CT molecular complexity index is 1370. The average molecular weight is 548 g/mol. The maximum atomic E-state index is 11.4. The molecule has 3 N–H and O–H groups in total. The minimum Gasteiger partial charge on any atom is -0.493 e. The van der Waals surface area contributed by atoms with Crippen molar-refractivity contribution in [3.05, 3.63) is 106 Å². The first-order valence-electron chi connectivity index (χ1n) is 13.3. The monoisotopic (exact) mass is 547 g/mol. The molecule has 8 heteroatoms. The molecular weight excluding hydrogens is 510 g/mol. The summed E-state index contributed by atoms with van der Waals surface area (Å²) in [7, 11) is 1.73. The minimum absolute atomic E-state index is 0.110. The van der Waals surface area contributed by atoms with E-state index in [1.807, 2.05) is 24.3 Å². The number of ether oxygens (including phenoxy) is 2. The summed E-state index contributed by atoms with van der Waals surface area (Å²) in [6.07, 6.45) is 1.05. The van der Waals surface area contributed by atoms with Crippen LogP contribution in [0.25, 0.3) is 0 Å². The largest absolute Gasteiger partial charge is 0.493 e. The molecule has 2 unspecified atom stereocenters. The molecule has 0 radical (unpaired) electrons. The number of hydrogen-bond donors (Lipinski definition) is 3. The summed E-state index contributed by atoms with van der Waals surface area (Å²) in [5.74, 6) is 0.285. The van der Waals surface area contributed by atoms with Crippen LogP contribution in [0.3, 0.4) is 0 Å². The van der Waals surface area contributed by atoms with Gasteiger partial charge in [0, 0.05) is 36.7 Å². The van der Waals surface area contributed by atoms with Gasteiger partial charge in [0.05, 0.1) is 19.3 Å². The molecule has 1 aliphatic rings. The van der Waals surface area contributed by atoms with Crippen LogP contribution in [0.2, 0.25) is 0 Å². The standard InChI is InChI=1S/C20H25NO2.C11H12N2O2S/c1-16(17-7-4-3-5-8-17)18-9-6-10-19(13-18)21-11-12-23-20(14-21)15-22-2;1-2-7-5-3-4-6-8(7)16-9-10(14)12-13-11(9)15/h3-10,13,16,20H,11-12,14-15H2,1-2H3;3-6H,2H2,1H3,(H3,12,13,14,15). The quantitative estimate of drug-likeness (QED) is 0.258. The molecule has 39 heavy (non-hydrogen) atoms. The van der Waals surface area contributed by atoms with E-state index in [4.69, 9.17) is 9.47 Å². The van der Waals surface area contributed by atoms with E-state index in [1.54, 1.807) is 7.11 Å². The molecule has 1 saturated heterocycles. The van der Waals surface area contributed by atoms with Crippen LogP contribution in [0.1, 0.15) is 36.5 Å². The Morgan fingerprint density at radius 1 is 1.05 bits per heavy atom. The highest BCUT2D eigenvalue weighted by Crippen LogP contribution is 2.32. The highest BCUT2D eigenvalue weighted by Gasteiger charge is 2.21. The first-order valence-corrected chi connectivity index (χ1v) is 14.1. The third-order valence-electron chi connectivity index (χ3n) is 6.81. The summed E-state index contributed by atoms with van der Waals surface area (Å²) in [5, 5.41) is 14.2. The normalized spacial score (nSPS) is 15.9. The third kappa shape index (κ3) is 7.56. The van der Waals surface area contributed by atoms with E-state index in [-0.39, 0.29) is 17.5 Å². The Labute approximate surface area is 234 Å². The molecule has 0 bridgehead atoms. The number of anilines is 1. The first-order chi connectivity index (χ1) is 19.0. The molecule has 1 fully saturated rings. The molecular formula is C31H37N3O4S. The molecule has 4 aromatic rings. The van der Waals surface area contributed by atoms with E-state index < -0.39 is 0 Å². The second kappa shape index (κ2) is 14.1. The number of H-pyrrole nitrogens is 2. The Morgan fingerprint density at radius 3 is 2.51 bits per heavy atom. The van der Waals surface area contributed by atoms with E-state index in [0.29, 0.717) is 17.4 Å². The molecule has 3 aromatic carbocycles. The van der Waals surface area contributed by atoms with Crippen molar-refractivity contribution in [1.29, 1.82) is 0 Å². The van der Waals surface area contributed by atoms with Gasteiger partial charge >= 0.3 is 0 Å². The lowest BCUT2D eigenvalue weighted by molar-refractivity contribution is -0.0100. The van der Waals surface area contributed by atoms with Gasteiger partial charge in [-0.3, -0.25) is 15.0 Å². The molecule has 206 valence electrons. The van der Waals surface area contributed by atoms with E-state index in [0.717, 1.165) is 36.6 Å². The lowest BCUT2D eigenvalue weighted by Gasteiger charge is -2.34. The zero-order valence-corrected chi connectivity index (χ0v) is 23.5. The highest BCUT2D eigenvalue weighted by atomic mass is 32.2. The fraction of sp³-hybridized carbons (Fsp3) is 0.323. The second-order valence-electron chi connectivity index (χ2n) is 9.44. The zero-order chi connectivity index (χ0) is 27.6. The van der Waals surface area contributed by atoms with Crippen LogP contribution in [0.4, 0.5) is 5.69 Å².